The average molecular weight is 355 g/mol. The second-order valence-corrected chi connectivity index (χ2v) is 8.00. The van der Waals surface area contributed by atoms with Crippen LogP contribution in [0.1, 0.15) is 18.4 Å². The number of hydrogen-bond donors (Lipinski definition) is 1. The Kier molecular flexibility index (Phi) is 3.89. The normalized spacial score (nSPS) is 19.2. The highest BCUT2D eigenvalue weighted by molar-refractivity contribution is 7.89. The van der Waals surface area contributed by atoms with Crippen LogP contribution >= 0.6 is 0 Å². The molecule has 0 aromatic heterocycles. The Balaban J connectivity index is 1.64. The molecule has 1 fully saturated rings. The van der Waals surface area contributed by atoms with Crippen LogP contribution in [-0.2, 0) is 14.8 Å². The second kappa shape index (κ2) is 6.09. The van der Waals surface area contributed by atoms with Gasteiger partial charge in [0, 0.05) is 18.7 Å². The summed E-state index contributed by atoms with van der Waals surface area (Å²) < 4.78 is 26.6. The van der Waals surface area contributed by atoms with E-state index in [-0.39, 0.29) is 10.8 Å². The van der Waals surface area contributed by atoms with Gasteiger partial charge < -0.3 is 5.32 Å². The van der Waals surface area contributed by atoms with E-state index < -0.39 is 10.0 Å². The number of nitrogens with zero attached hydrogens (tertiary/aromatic N) is 2. The van der Waals surface area contributed by atoms with E-state index in [0.717, 1.165) is 24.1 Å². The summed E-state index contributed by atoms with van der Waals surface area (Å²) in [5.41, 5.74) is 2.37. The van der Waals surface area contributed by atoms with Crippen molar-refractivity contribution in [3.8, 4) is 0 Å². The third kappa shape index (κ3) is 2.85. The van der Waals surface area contributed by atoms with Gasteiger partial charge in [-0.1, -0.05) is 18.2 Å². The molecular weight excluding hydrogens is 338 g/mol. The summed E-state index contributed by atoms with van der Waals surface area (Å²) in [4.78, 5) is 16.7. The number of benzene rings is 2. The molecule has 0 radical (unpaired) electrons. The third-order valence-electron chi connectivity index (χ3n) is 4.43. The molecule has 128 valence electrons. The van der Waals surface area contributed by atoms with Crippen LogP contribution in [0.2, 0.25) is 0 Å². The highest BCUT2D eigenvalue weighted by Gasteiger charge is 2.27. The van der Waals surface area contributed by atoms with Crippen LogP contribution in [0, 0.1) is 0 Å². The first kappa shape index (κ1) is 16.0. The van der Waals surface area contributed by atoms with E-state index in [4.69, 9.17) is 0 Å². The molecule has 0 unspecified atom stereocenters. The Morgan fingerprint density at radius 3 is 2.36 bits per heavy atom. The summed E-state index contributed by atoms with van der Waals surface area (Å²) in [5, 5.41) is 2.77. The Morgan fingerprint density at radius 2 is 1.64 bits per heavy atom. The number of hydrogen-bond acceptors (Lipinski definition) is 4. The van der Waals surface area contributed by atoms with Gasteiger partial charge >= 0.3 is 0 Å². The number of carbonyl (C=O) groups is 1. The lowest BCUT2D eigenvalue weighted by molar-refractivity contribution is -0.110. The molecule has 6 nitrogen and oxygen atoms in total. The summed E-state index contributed by atoms with van der Waals surface area (Å²) >= 11 is 0. The van der Waals surface area contributed by atoms with Crippen LogP contribution < -0.4 is 5.32 Å². The van der Waals surface area contributed by atoms with Crippen molar-refractivity contribution in [2.75, 3.05) is 18.4 Å². The van der Waals surface area contributed by atoms with Crippen molar-refractivity contribution in [2.45, 2.75) is 17.7 Å². The van der Waals surface area contributed by atoms with Crippen molar-refractivity contribution in [2.24, 2.45) is 4.99 Å². The van der Waals surface area contributed by atoms with Crippen molar-refractivity contribution in [3.05, 3.63) is 54.1 Å². The van der Waals surface area contributed by atoms with Crippen LogP contribution in [0.4, 0.5) is 11.4 Å². The van der Waals surface area contributed by atoms with Gasteiger partial charge in [-0.15, -0.1) is 0 Å². The molecule has 2 aliphatic heterocycles. The van der Waals surface area contributed by atoms with Gasteiger partial charge in [0.2, 0.25) is 10.0 Å². The van der Waals surface area contributed by atoms with E-state index in [9.17, 15) is 13.2 Å². The number of amides is 1. The van der Waals surface area contributed by atoms with Gasteiger partial charge in [0.15, 0.2) is 0 Å². The van der Waals surface area contributed by atoms with E-state index in [2.05, 4.69) is 10.3 Å². The molecular formula is C18H17N3O3S. The number of sulfonamides is 1. The van der Waals surface area contributed by atoms with Crippen molar-refractivity contribution in [3.63, 3.8) is 0 Å². The number of anilines is 1. The zero-order valence-electron chi connectivity index (χ0n) is 13.5. The van der Waals surface area contributed by atoms with Crippen molar-refractivity contribution in [1.82, 2.24) is 4.31 Å². The second-order valence-electron chi connectivity index (χ2n) is 6.07. The minimum atomic E-state index is -3.44. The number of para-hydroxylation sites is 1. The lowest BCUT2D eigenvalue weighted by atomic mass is 10.1. The summed E-state index contributed by atoms with van der Waals surface area (Å²) in [6.07, 6.45) is 1.80. The monoisotopic (exact) mass is 355 g/mol. The topological polar surface area (TPSA) is 78.8 Å². The number of aliphatic imine (C=N–C) groups is 1. The maximum absolute atomic E-state index is 12.5. The fourth-order valence-corrected chi connectivity index (χ4v) is 4.63. The van der Waals surface area contributed by atoms with Crippen molar-refractivity contribution < 1.29 is 13.2 Å². The average Bonchev–Trinajstić information content (AvgIpc) is 3.25. The van der Waals surface area contributed by atoms with E-state index in [1.165, 1.54) is 4.31 Å². The van der Waals surface area contributed by atoms with Gasteiger partial charge in [0.25, 0.3) is 5.91 Å². The molecule has 0 bridgehead atoms. The van der Waals surface area contributed by atoms with Gasteiger partial charge in [0.1, 0.15) is 5.71 Å². The molecule has 0 atom stereocenters. The molecule has 0 saturated carbocycles. The van der Waals surface area contributed by atoms with Gasteiger partial charge in [-0.3, -0.25) is 4.79 Å². The molecule has 2 aromatic carbocycles. The smallest absolute Gasteiger partial charge is 0.275 e. The molecule has 2 aromatic rings. The van der Waals surface area contributed by atoms with E-state index in [0.29, 0.717) is 24.5 Å². The minimum Gasteiger partial charge on any atom is -0.320 e. The Bertz CT molecular complexity index is 959. The first-order valence-corrected chi connectivity index (χ1v) is 9.59. The quantitative estimate of drug-likeness (QED) is 0.919. The molecule has 25 heavy (non-hydrogen) atoms. The van der Waals surface area contributed by atoms with E-state index in [1.807, 2.05) is 24.3 Å². The number of carbonyl (C=O) groups excluding carboxylic acids is 1. The summed E-state index contributed by atoms with van der Waals surface area (Å²) in [5.74, 6) is -0.255. The fraction of sp³-hybridized carbons (Fsp3) is 0.222. The van der Waals surface area contributed by atoms with E-state index in [1.54, 1.807) is 24.3 Å². The van der Waals surface area contributed by atoms with E-state index >= 15 is 0 Å². The largest absolute Gasteiger partial charge is 0.320 e. The zero-order chi connectivity index (χ0) is 17.4. The van der Waals surface area contributed by atoms with Crippen LogP contribution in [0.3, 0.4) is 0 Å². The lowest BCUT2D eigenvalue weighted by Gasteiger charge is -2.15. The Morgan fingerprint density at radius 1 is 0.960 bits per heavy atom. The van der Waals surface area contributed by atoms with Gasteiger partial charge in [0.05, 0.1) is 16.3 Å². The molecule has 4 rings (SSSR count). The Hall–Kier alpha value is -2.51. The molecule has 1 saturated heterocycles. The minimum absolute atomic E-state index is 0.255. The van der Waals surface area contributed by atoms with Gasteiger partial charge in [-0.05, 0) is 43.2 Å². The molecule has 1 N–H and O–H groups in total. The van der Waals surface area contributed by atoms with Crippen LogP contribution in [0.25, 0.3) is 0 Å². The van der Waals surface area contributed by atoms with Crippen LogP contribution in [-0.4, -0.2) is 37.4 Å². The fourth-order valence-electron chi connectivity index (χ4n) is 3.11. The summed E-state index contributed by atoms with van der Waals surface area (Å²) in [7, 11) is -3.44. The summed E-state index contributed by atoms with van der Waals surface area (Å²) in [6, 6.07) is 13.7. The third-order valence-corrected chi connectivity index (χ3v) is 6.34. The molecule has 0 aliphatic carbocycles. The van der Waals surface area contributed by atoms with Crippen LogP contribution in [0.5, 0.6) is 0 Å². The molecule has 0 spiro atoms. The van der Waals surface area contributed by atoms with Gasteiger partial charge in [-0.2, -0.15) is 4.31 Å². The SMILES string of the molecule is O=C1Nc2ccccc2C1=Nc1ccc(S(=O)(=O)N2CCCC2)cc1. The highest BCUT2D eigenvalue weighted by Crippen LogP contribution is 2.27. The van der Waals surface area contributed by atoms with Crippen molar-refractivity contribution in [1.29, 1.82) is 0 Å². The number of rotatable bonds is 3. The first-order chi connectivity index (χ1) is 12.1. The Labute approximate surface area is 146 Å². The summed E-state index contributed by atoms with van der Waals surface area (Å²) in [6.45, 7) is 1.15. The van der Waals surface area contributed by atoms with Crippen LogP contribution in [0.15, 0.2) is 58.4 Å². The number of nitrogens with one attached hydrogen (secondary N) is 1. The predicted octanol–water partition coefficient (Wildman–Crippen LogP) is 2.54. The predicted molar refractivity (Wildman–Crippen MR) is 95.7 cm³/mol. The zero-order valence-corrected chi connectivity index (χ0v) is 14.3. The molecule has 1 amide bonds. The highest BCUT2D eigenvalue weighted by atomic mass is 32.2. The maximum atomic E-state index is 12.5. The molecule has 7 heteroatoms. The standard InChI is InChI=1S/C18H17N3O3S/c22-18-17(15-5-1-2-6-16(15)20-18)19-13-7-9-14(10-8-13)25(23,24)21-11-3-4-12-21/h1-2,5-10H,3-4,11-12H2,(H,19,20,22). The molecule has 2 aliphatic rings. The van der Waals surface area contributed by atoms with Crippen molar-refractivity contribution >= 4 is 33.0 Å². The molecule has 2 heterocycles. The lowest BCUT2D eigenvalue weighted by Crippen LogP contribution is -2.27. The maximum Gasteiger partial charge on any atom is 0.275 e. The van der Waals surface area contributed by atoms with Gasteiger partial charge in [-0.25, -0.2) is 13.4 Å². The number of fused-ring (bicyclic) bond motifs is 1. The first-order valence-electron chi connectivity index (χ1n) is 8.15.